The monoisotopic (exact) mass is 104 g/mol. The van der Waals surface area contributed by atoms with Gasteiger partial charge in [0.25, 0.3) is 0 Å². The van der Waals surface area contributed by atoms with Gasteiger partial charge in [-0.3, -0.25) is 0 Å². The highest BCUT2D eigenvalue weighted by Crippen LogP contribution is 1.90. The SMILES string of the molecule is [CH2]CC(S)NC. The third kappa shape index (κ3) is 2.54. The Bertz CT molecular complexity index is 26.7. The fourth-order valence-electron chi connectivity index (χ4n) is 0.144. The average Bonchev–Trinajstić information content (AvgIpc) is 1.65. The molecule has 0 saturated carbocycles. The van der Waals surface area contributed by atoms with E-state index >= 15 is 0 Å². The third-order valence-corrected chi connectivity index (χ3v) is 1.12. The van der Waals surface area contributed by atoms with Gasteiger partial charge >= 0.3 is 0 Å². The maximum Gasteiger partial charge on any atom is 0.0499 e. The van der Waals surface area contributed by atoms with Crippen LogP contribution in [-0.2, 0) is 0 Å². The molecule has 1 radical (unpaired) electrons. The van der Waals surface area contributed by atoms with Crippen LogP contribution < -0.4 is 5.32 Å². The van der Waals surface area contributed by atoms with Gasteiger partial charge in [-0.1, -0.05) is 6.92 Å². The van der Waals surface area contributed by atoms with Crippen LogP contribution in [0.25, 0.3) is 0 Å². The standard InChI is InChI=1S/C4H10NS/c1-3-4(6)5-2/h4-6H,1,3H2,2H3. The van der Waals surface area contributed by atoms with Crippen molar-refractivity contribution in [2.24, 2.45) is 0 Å². The van der Waals surface area contributed by atoms with Crippen LogP contribution in [0, 0.1) is 6.92 Å². The highest BCUT2D eigenvalue weighted by atomic mass is 32.1. The first kappa shape index (κ1) is 6.31. The Hall–Kier alpha value is 0.310. The van der Waals surface area contributed by atoms with Crippen LogP contribution in [-0.4, -0.2) is 12.4 Å². The Morgan fingerprint density at radius 2 is 2.50 bits per heavy atom. The zero-order chi connectivity index (χ0) is 4.99. The zero-order valence-electron chi connectivity index (χ0n) is 3.94. The molecule has 1 N–H and O–H groups in total. The summed E-state index contributed by atoms with van der Waals surface area (Å²) in [6, 6.07) is 0. The minimum atomic E-state index is 0.269. The summed E-state index contributed by atoms with van der Waals surface area (Å²) in [5.74, 6) is 0. The molecule has 0 aromatic carbocycles. The molecule has 0 aliphatic carbocycles. The van der Waals surface area contributed by atoms with E-state index in [1.165, 1.54) is 0 Å². The second-order valence-corrected chi connectivity index (χ2v) is 1.72. The molecular formula is C4H10NS. The van der Waals surface area contributed by atoms with Crippen LogP contribution in [0.3, 0.4) is 0 Å². The largest absolute Gasteiger partial charge is 0.309 e. The molecule has 0 heterocycles. The third-order valence-electron chi connectivity index (χ3n) is 0.607. The van der Waals surface area contributed by atoms with Crippen molar-refractivity contribution in [3.8, 4) is 0 Å². The van der Waals surface area contributed by atoms with Crippen molar-refractivity contribution in [1.82, 2.24) is 5.32 Å². The van der Waals surface area contributed by atoms with Gasteiger partial charge in [-0.25, -0.2) is 0 Å². The van der Waals surface area contributed by atoms with Crippen molar-refractivity contribution in [2.75, 3.05) is 7.05 Å². The van der Waals surface area contributed by atoms with E-state index in [1.807, 2.05) is 7.05 Å². The minimum Gasteiger partial charge on any atom is -0.309 e. The number of nitrogens with one attached hydrogen (secondary N) is 1. The molecule has 0 amide bonds. The molecule has 37 valence electrons. The summed E-state index contributed by atoms with van der Waals surface area (Å²) in [6.07, 6.45) is 0.833. The maximum absolute atomic E-state index is 4.06. The fourth-order valence-corrected chi connectivity index (χ4v) is 0.144. The summed E-state index contributed by atoms with van der Waals surface area (Å²) < 4.78 is 0. The summed E-state index contributed by atoms with van der Waals surface area (Å²) in [4.78, 5) is 0. The van der Waals surface area contributed by atoms with Crippen molar-refractivity contribution < 1.29 is 0 Å². The van der Waals surface area contributed by atoms with Gasteiger partial charge in [0.15, 0.2) is 0 Å². The number of hydrogen-bond acceptors (Lipinski definition) is 2. The molecule has 0 aromatic heterocycles. The van der Waals surface area contributed by atoms with Crippen LogP contribution >= 0.6 is 12.6 Å². The minimum absolute atomic E-state index is 0.269. The maximum atomic E-state index is 4.06. The number of hydrogen-bond donors (Lipinski definition) is 2. The van der Waals surface area contributed by atoms with Gasteiger partial charge in [-0.05, 0) is 13.5 Å². The molecule has 0 aliphatic rings. The smallest absolute Gasteiger partial charge is 0.0499 e. The van der Waals surface area contributed by atoms with Crippen LogP contribution in [0.4, 0.5) is 0 Å². The molecular weight excluding hydrogens is 94.1 g/mol. The lowest BCUT2D eigenvalue weighted by Gasteiger charge is -2.01. The van der Waals surface area contributed by atoms with Gasteiger partial charge < -0.3 is 5.32 Å². The second kappa shape index (κ2) is 3.50. The topological polar surface area (TPSA) is 12.0 Å². The van der Waals surface area contributed by atoms with Crippen molar-refractivity contribution >= 4 is 12.6 Å². The lowest BCUT2D eigenvalue weighted by Crippen LogP contribution is -2.16. The first-order valence-electron chi connectivity index (χ1n) is 1.96. The molecule has 0 aliphatic heterocycles. The van der Waals surface area contributed by atoms with Gasteiger partial charge in [0.1, 0.15) is 0 Å². The summed E-state index contributed by atoms with van der Waals surface area (Å²) in [5.41, 5.74) is 0. The Morgan fingerprint density at radius 1 is 2.00 bits per heavy atom. The van der Waals surface area contributed by atoms with E-state index in [1.54, 1.807) is 0 Å². The quantitative estimate of drug-likeness (QED) is 0.388. The number of thiol groups is 1. The predicted molar refractivity (Wildman–Crippen MR) is 31.8 cm³/mol. The summed E-state index contributed by atoms with van der Waals surface area (Å²) in [7, 11) is 1.86. The van der Waals surface area contributed by atoms with Gasteiger partial charge in [-0.15, -0.1) is 0 Å². The molecule has 6 heavy (non-hydrogen) atoms. The normalized spacial score (nSPS) is 14.5. The Balaban J connectivity index is 2.75. The van der Waals surface area contributed by atoms with Crippen molar-refractivity contribution in [1.29, 1.82) is 0 Å². The van der Waals surface area contributed by atoms with Gasteiger partial charge in [0.05, 0.1) is 0 Å². The van der Waals surface area contributed by atoms with Crippen molar-refractivity contribution in [3.05, 3.63) is 6.92 Å². The lowest BCUT2D eigenvalue weighted by atomic mass is 10.5. The van der Waals surface area contributed by atoms with Crippen LogP contribution in [0.2, 0.25) is 0 Å². The van der Waals surface area contributed by atoms with E-state index < -0.39 is 0 Å². The fraction of sp³-hybridized carbons (Fsp3) is 0.750. The molecule has 0 fully saturated rings. The molecule has 1 nitrogen and oxygen atoms in total. The summed E-state index contributed by atoms with van der Waals surface area (Å²) >= 11 is 4.06. The van der Waals surface area contributed by atoms with Gasteiger partial charge in [0, 0.05) is 5.37 Å². The average molecular weight is 104 g/mol. The van der Waals surface area contributed by atoms with Crippen LogP contribution in [0.15, 0.2) is 0 Å². The Kier molecular flexibility index (Phi) is 3.68. The lowest BCUT2D eigenvalue weighted by molar-refractivity contribution is 0.755. The first-order chi connectivity index (χ1) is 2.81. The molecule has 1 atom stereocenters. The highest BCUT2D eigenvalue weighted by molar-refractivity contribution is 7.80. The first-order valence-corrected chi connectivity index (χ1v) is 2.47. The molecule has 0 rings (SSSR count). The highest BCUT2D eigenvalue weighted by Gasteiger charge is 1.87. The van der Waals surface area contributed by atoms with Crippen molar-refractivity contribution in [2.45, 2.75) is 11.8 Å². The van der Waals surface area contributed by atoms with E-state index in [9.17, 15) is 0 Å². The van der Waals surface area contributed by atoms with Gasteiger partial charge in [-0.2, -0.15) is 12.6 Å². The van der Waals surface area contributed by atoms with Crippen LogP contribution in [0.1, 0.15) is 6.42 Å². The van der Waals surface area contributed by atoms with E-state index in [2.05, 4.69) is 24.9 Å². The summed E-state index contributed by atoms with van der Waals surface area (Å²) in [6.45, 7) is 3.62. The van der Waals surface area contributed by atoms with Gasteiger partial charge in [0.2, 0.25) is 0 Å². The Morgan fingerprint density at radius 3 is 2.50 bits per heavy atom. The summed E-state index contributed by atoms with van der Waals surface area (Å²) in [5, 5.41) is 3.18. The molecule has 0 aromatic rings. The van der Waals surface area contributed by atoms with Crippen molar-refractivity contribution in [3.63, 3.8) is 0 Å². The van der Waals surface area contributed by atoms with E-state index in [0.29, 0.717) is 0 Å². The molecule has 1 unspecified atom stereocenters. The molecule has 0 saturated heterocycles. The second-order valence-electron chi connectivity index (χ2n) is 1.09. The van der Waals surface area contributed by atoms with Crippen LogP contribution in [0.5, 0.6) is 0 Å². The predicted octanol–water partition coefficient (Wildman–Crippen LogP) is 0.686. The number of rotatable bonds is 2. The van der Waals surface area contributed by atoms with E-state index in [0.717, 1.165) is 6.42 Å². The van der Waals surface area contributed by atoms with E-state index in [4.69, 9.17) is 0 Å². The molecule has 0 spiro atoms. The Labute approximate surface area is 44.5 Å². The molecule has 0 bridgehead atoms. The van der Waals surface area contributed by atoms with E-state index in [-0.39, 0.29) is 5.37 Å². The zero-order valence-corrected chi connectivity index (χ0v) is 4.83. The molecule has 2 heteroatoms.